The Balaban J connectivity index is 2.22. The molecule has 0 radical (unpaired) electrons. The summed E-state index contributed by atoms with van der Waals surface area (Å²) in [4.78, 5) is 13.9. The van der Waals surface area contributed by atoms with Crippen LogP contribution in [-0.2, 0) is 0 Å². The molecule has 0 unspecified atom stereocenters. The fourth-order valence-corrected chi connectivity index (χ4v) is 2.66. The second kappa shape index (κ2) is 4.87. The summed E-state index contributed by atoms with van der Waals surface area (Å²) in [7, 11) is 0. The first-order chi connectivity index (χ1) is 7.68. The van der Waals surface area contributed by atoms with Crippen LogP contribution in [0.2, 0.25) is 0 Å². The van der Waals surface area contributed by atoms with Gasteiger partial charge in [-0.05, 0) is 24.6 Å². The van der Waals surface area contributed by atoms with Gasteiger partial charge in [0, 0.05) is 30.2 Å². The quantitative estimate of drug-likeness (QED) is 0.749. The Morgan fingerprint density at radius 1 is 1.38 bits per heavy atom. The van der Waals surface area contributed by atoms with Crippen molar-refractivity contribution >= 4 is 17.7 Å². The molecule has 0 aliphatic carbocycles. The molecular weight excluding hydrogens is 225 g/mol. The van der Waals surface area contributed by atoms with Crippen molar-refractivity contribution in [3.05, 3.63) is 35.1 Å². The molecule has 16 heavy (non-hydrogen) atoms. The average Bonchev–Trinajstić information content (AvgIpc) is 2.32. The Labute approximate surface area is 98.8 Å². The number of benzene rings is 1. The van der Waals surface area contributed by atoms with E-state index in [-0.39, 0.29) is 11.7 Å². The first-order valence-electron chi connectivity index (χ1n) is 5.31. The smallest absolute Gasteiger partial charge is 0.254 e. The monoisotopic (exact) mass is 239 g/mol. The Morgan fingerprint density at radius 2 is 2.06 bits per heavy atom. The second-order valence-electron chi connectivity index (χ2n) is 3.86. The number of amides is 1. The summed E-state index contributed by atoms with van der Waals surface area (Å²) in [5.74, 6) is 1.55. The van der Waals surface area contributed by atoms with Crippen LogP contribution in [0.1, 0.15) is 15.9 Å². The van der Waals surface area contributed by atoms with Crippen molar-refractivity contribution in [2.75, 3.05) is 24.6 Å². The van der Waals surface area contributed by atoms with Gasteiger partial charge in [-0.2, -0.15) is 11.8 Å². The van der Waals surface area contributed by atoms with Gasteiger partial charge >= 0.3 is 0 Å². The van der Waals surface area contributed by atoms with Crippen LogP contribution < -0.4 is 0 Å². The first kappa shape index (κ1) is 11.5. The highest BCUT2D eigenvalue weighted by atomic mass is 32.2. The standard InChI is InChI=1S/C12H14FNOS/c1-9-2-3-10(13)8-11(9)12(15)14-4-6-16-7-5-14/h2-3,8H,4-7H2,1H3. The second-order valence-corrected chi connectivity index (χ2v) is 5.09. The van der Waals surface area contributed by atoms with Gasteiger partial charge in [0.25, 0.3) is 5.91 Å². The zero-order valence-corrected chi connectivity index (χ0v) is 10.0. The Morgan fingerprint density at radius 3 is 2.75 bits per heavy atom. The minimum Gasteiger partial charge on any atom is -0.337 e. The van der Waals surface area contributed by atoms with E-state index in [1.54, 1.807) is 11.0 Å². The third-order valence-electron chi connectivity index (χ3n) is 2.73. The van der Waals surface area contributed by atoms with E-state index < -0.39 is 0 Å². The molecule has 0 bridgehead atoms. The van der Waals surface area contributed by atoms with Crippen molar-refractivity contribution in [2.24, 2.45) is 0 Å². The number of nitrogens with zero attached hydrogens (tertiary/aromatic N) is 1. The molecule has 4 heteroatoms. The summed E-state index contributed by atoms with van der Waals surface area (Å²) in [5, 5.41) is 0. The van der Waals surface area contributed by atoms with Crippen molar-refractivity contribution < 1.29 is 9.18 Å². The van der Waals surface area contributed by atoms with Gasteiger partial charge in [-0.3, -0.25) is 4.79 Å². The summed E-state index contributed by atoms with van der Waals surface area (Å²) >= 11 is 1.85. The molecule has 1 saturated heterocycles. The highest BCUT2D eigenvalue weighted by Crippen LogP contribution is 2.16. The van der Waals surface area contributed by atoms with E-state index in [1.165, 1.54) is 12.1 Å². The molecule has 86 valence electrons. The summed E-state index contributed by atoms with van der Waals surface area (Å²) in [6, 6.07) is 4.37. The maximum atomic E-state index is 13.1. The highest BCUT2D eigenvalue weighted by Gasteiger charge is 2.20. The number of thioether (sulfide) groups is 1. The molecule has 1 aromatic rings. The molecule has 1 aliphatic heterocycles. The molecule has 1 aliphatic rings. The molecule has 1 amide bonds. The lowest BCUT2D eigenvalue weighted by molar-refractivity contribution is 0.0771. The van der Waals surface area contributed by atoms with E-state index in [0.717, 1.165) is 30.2 Å². The largest absolute Gasteiger partial charge is 0.337 e. The third kappa shape index (κ3) is 2.38. The Bertz CT molecular complexity index is 402. The van der Waals surface area contributed by atoms with Crippen molar-refractivity contribution in [1.82, 2.24) is 4.90 Å². The third-order valence-corrected chi connectivity index (χ3v) is 3.67. The van der Waals surface area contributed by atoms with Crippen LogP contribution in [0.4, 0.5) is 4.39 Å². The van der Waals surface area contributed by atoms with Gasteiger partial charge in [0.15, 0.2) is 0 Å². The van der Waals surface area contributed by atoms with Gasteiger partial charge in [-0.25, -0.2) is 4.39 Å². The molecule has 0 spiro atoms. The molecule has 1 fully saturated rings. The molecule has 1 aromatic carbocycles. The number of rotatable bonds is 1. The minimum absolute atomic E-state index is 0.0442. The number of hydrogen-bond donors (Lipinski definition) is 0. The lowest BCUT2D eigenvalue weighted by atomic mass is 10.1. The molecule has 0 N–H and O–H groups in total. The molecule has 2 nitrogen and oxygen atoms in total. The van der Waals surface area contributed by atoms with Crippen LogP contribution in [0.15, 0.2) is 18.2 Å². The van der Waals surface area contributed by atoms with E-state index in [2.05, 4.69) is 0 Å². The van der Waals surface area contributed by atoms with Gasteiger partial charge in [0.1, 0.15) is 5.82 Å². The van der Waals surface area contributed by atoms with Gasteiger partial charge < -0.3 is 4.90 Å². The number of halogens is 1. The SMILES string of the molecule is Cc1ccc(F)cc1C(=O)N1CCSCC1. The van der Waals surface area contributed by atoms with Crippen LogP contribution in [0.5, 0.6) is 0 Å². The zero-order chi connectivity index (χ0) is 11.5. The molecule has 0 atom stereocenters. The van der Waals surface area contributed by atoms with Gasteiger partial charge in [-0.15, -0.1) is 0 Å². The Kier molecular flexibility index (Phi) is 3.49. The molecule has 2 rings (SSSR count). The van der Waals surface area contributed by atoms with Crippen molar-refractivity contribution in [3.8, 4) is 0 Å². The molecule has 0 saturated carbocycles. The van der Waals surface area contributed by atoms with Crippen molar-refractivity contribution in [3.63, 3.8) is 0 Å². The van der Waals surface area contributed by atoms with Crippen LogP contribution in [0.3, 0.4) is 0 Å². The molecule has 1 heterocycles. The summed E-state index contributed by atoms with van der Waals surface area (Å²) in [6.07, 6.45) is 0. The average molecular weight is 239 g/mol. The summed E-state index contributed by atoms with van der Waals surface area (Å²) < 4.78 is 13.1. The van der Waals surface area contributed by atoms with Crippen molar-refractivity contribution in [1.29, 1.82) is 0 Å². The number of carbonyl (C=O) groups is 1. The van der Waals surface area contributed by atoms with Crippen molar-refractivity contribution in [2.45, 2.75) is 6.92 Å². The fraction of sp³-hybridized carbons (Fsp3) is 0.417. The predicted octanol–water partition coefficient (Wildman–Crippen LogP) is 2.32. The lowest BCUT2D eigenvalue weighted by Gasteiger charge is -2.27. The van der Waals surface area contributed by atoms with E-state index in [0.29, 0.717) is 5.56 Å². The topological polar surface area (TPSA) is 20.3 Å². The fourth-order valence-electron chi connectivity index (χ4n) is 1.76. The predicted molar refractivity (Wildman–Crippen MR) is 64.4 cm³/mol. The zero-order valence-electron chi connectivity index (χ0n) is 9.20. The normalized spacial score (nSPS) is 16.2. The van der Waals surface area contributed by atoms with E-state index in [9.17, 15) is 9.18 Å². The van der Waals surface area contributed by atoms with Gasteiger partial charge in [0.2, 0.25) is 0 Å². The lowest BCUT2D eigenvalue weighted by Crippen LogP contribution is -2.38. The van der Waals surface area contributed by atoms with Crippen LogP contribution in [0, 0.1) is 12.7 Å². The van der Waals surface area contributed by atoms with Crippen LogP contribution in [0.25, 0.3) is 0 Å². The number of carbonyl (C=O) groups excluding carboxylic acids is 1. The molecular formula is C12H14FNOS. The summed E-state index contributed by atoms with van der Waals surface area (Å²) in [5.41, 5.74) is 1.33. The van der Waals surface area contributed by atoms with Gasteiger partial charge in [0.05, 0.1) is 0 Å². The molecule has 0 aromatic heterocycles. The Hall–Kier alpha value is -1.03. The van der Waals surface area contributed by atoms with E-state index in [1.807, 2.05) is 18.7 Å². The number of aryl methyl sites for hydroxylation is 1. The van der Waals surface area contributed by atoms with Crippen LogP contribution >= 0.6 is 11.8 Å². The summed E-state index contributed by atoms with van der Waals surface area (Å²) in [6.45, 7) is 3.37. The maximum absolute atomic E-state index is 13.1. The number of hydrogen-bond acceptors (Lipinski definition) is 2. The van der Waals surface area contributed by atoms with E-state index >= 15 is 0 Å². The van der Waals surface area contributed by atoms with Crippen LogP contribution in [-0.4, -0.2) is 35.4 Å². The first-order valence-corrected chi connectivity index (χ1v) is 6.47. The van der Waals surface area contributed by atoms with Gasteiger partial charge in [-0.1, -0.05) is 6.07 Å². The minimum atomic E-state index is -0.347. The highest BCUT2D eigenvalue weighted by molar-refractivity contribution is 7.99. The van der Waals surface area contributed by atoms with E-state index in [4.69, 9.17) is 0 Å². The maximum Gasteiger partial charge on any atom is 0.254 e.